The first-order valence-electron chi connectivity index (χ1n) is 4.99. The number of anilines is 1. The molecule has 1 amide bonds. The first-order valence-corrected chi connectivity index (χ1v) is 8.07. The minimum Gasteiger partial charge on any atom is -0.325 e. The summed E-state index contributed by atoms with van der Waals surface area (Å²) in [5, 5.41) is 2.22. The molecule has 1 atom stereocenters. The van der Waals surface area contributed by atoms with E-state index in [9.17, 15) is 13.2 Å². The Kier molecular flexibility index (Phi) is 4.70. The van der Waals surface area contributed by atoms with Crippen LogP contribution in [-0.2, 0) is 20.0 Å². The summed E-state index contributed by atoms with van der Waals surface area (Å²) in [6, 6.07) is 7.22. The van der Waals surface area contributed by atoms with Crippen LogP contribution in [0.15, 0.2) is 24.3 Å². The maximum absolute atomic E-state index is 11.7. The van der Waals surface area contributed by atoms with Crippen LogP contribution in [0.1, 0.15) is 12.5 Å². The number of alkyl halides is 1. The second-order valence-electron chi connectivity index (χ2n) is 3.80. The van der Waals surface area contributed by atoms with Crippen molar-refractivity contribution in [2.24, 2.45) is 0 Å². The lowest BCUT2D eigenvalue weighted by atomic mass is 10.2. The van der Waals surface area contributed by atoms with E-state index >= 15 is 0 Å². The van der Waals surface area contributed by atoms with Crippen molar-refractivity contribution in [1.82, 2.24) is 0 Å². The summed E-state index contributed by atoms with van der Waals surface area (Å²) in [5.74, 6) is -0.515. The number of hydrogen-bond acceptors (Lipinski definition) is 3. The fraction of sp³-hybridized carbons (Fsp3) is 0.364. The molecule has 0 fully saturated rings. The van der Waals surface area contributed by atoms with Crippen molar-refractivity contribution >= 4 is 37.4 Å². The van der Waals surface area contributed by atoms with E-state index in [2.05, 4.69) is 21.2 Å². The summed E-state index contributed by atoms with van der Waals surface area (Å²) in [6.07, 6.45) is 1.05. The van der Waals surface area contributed by atoms with Crippen LogP contribution >= 0.6 is 15.9 Å². The molecule has 0 saturated heterocycles. The molecular formula is C11H14BrNO3S. The molecule has 1 aromatic rings. The van der Waals surface area contributed by atoms with Crippen LogP contribution in [0.2, 0.25) is 0 Å². The number of benzene rings is 1. The molecule has 0 aliphatic carbocycles. The van der Waals surface area contributed by atoms with Crippen molar-refractivity contribution in [3.63, 3.8) is 0 Å². The molecule has 1 unspecified atom stereocenters. The lowest BCUT2D eigenvalue weighted by molar-refractivity contribution is -0.115. The molecule has 0 spiro atoms. The van der Waals surface area contributed by atoms with Gasteiger partial charge in [-0.1, -0.05) is 28.1 Å². The minimum atomic E-state index is -3.36. The van der Waals surface area contributed by atoms with E-state index in [1.165, 1.54) is 6.92 Å². The number of carbonyl (C=O) groups is 1. The Bertz CT molecular complexity index is 513. The summed E-state index contributed by atoms with van der Waals surface area (Å²) >= 11 is 3.31. The molecule has 0 heterocycles. The number of amides is 1. The van der Waals surface area contributed by atoms with Crippen molar-refractivity contribution < 1.29 is 13.2 Å². The lowest BCUT2D eigenvalue weighted by Crippen LogP contribution is -2.31. The first-order chi connectivity index (χ1) is 7.84. The van der Waals surface area contributed by atoms with Gasteiger partial charge in [0.15, 0.2) is 9.84 Å². The van der Waals surface area contributed by atoms with Gasteiger partial charge in [-0.05, 0) is 24.6 Å². The van der Waals surface area contributed by atoms with Gasteiger partial charge in [0.25, 0.3) is 0 Å². The molecule has 0 bridgehead atoms. The van der Waals surface area contributed by atoms with Crippen LogP contribution in [0.4, 0.5) is 5.69 Å². The molecule has 1 aromatic carbocycles. The van der Waals surface area contributed by atoms with Crippen LogP contribution in [0.5, 0.6) is 0 Å². The SMILES string of the molecule is CC(C(=O)Nc1cccc(CBr)c1)S(C)(=O)=O. The van der Waals surface area contributed by atoms with Gasteiger partial charge in [0, 0.05) is 17.3 Å². The van der Waals surface area contributed by atoms with Gasteiger partial charge < -0.3 is 5.32 Å². The predicted octanol–water partition coefficient (Wildman–Crippen LogP) is 1.95. The van der Waals surface area contributed by atoms with E-state index < -0.39 is 21.0 Å². The average molecular weight is 320 g/mol. The molecule has 17 heavy (non-hydrogen) atoms. The molecule has 0 aliphatic rings. The van der Waals surface area contributed by atoms with Gasteiger partial charge in [-0.3, -0.25) is 4.79 Å². The van der Waals surface area contributed by atoms with E-state index in [4.69, 9.17) is 0 Å². The van der Waals surface area contributed by atoms with E-state index in [0.29, 0.717) is 11.0 Å². The van der Waals surface area contributed by atoms with Gasteiger partial charge in [0.2, 0.25) is 5.91 Å². The van der Waals surface area contributed by atoms with Crippen LogP contribution in [-0.4, -0.2) is 25.8 Å². The minimum absolute atomic E-state index is 0.515. The van der Waals surface area contributed by atoms with Crippen LogP contribution < -0.4 is 5.32 Å². The van der Waals surface area contributed by atoms with Crippen LogP contribution in [0.25, 0.3) is 0 Å². The van der Waals surface area contributed by atoms with Crippen molar-refractivity contribution in [1.29, 1.82) is 0 Å². The first kappa shape index (κ1) is 14.2. The van der Waals surface area contributed by atoms with Crippen molar-refractivity contribution in [3.8, 4) is 0 Å². The maximum atomic E-state index is 11.7. The summed E-state index contributed by atoms with van der Waals surface area (Å²) < 4.78 is 22.4. The van der Waals surface area contributed by atoms with Gasteiger partial charge in [-0.15, -0.1) is 0 Å². The zero-order valence-corrected chi connectivity index (χ0v) is 12.0. The molecule has 0 saturated carbocycles. The largest absolute Gasteiger partial charge is 0.325 e. The fourth-order valence-corrected chi connectivity index (χ4v) is 1.97. The van der Waals surface area contributed by atoms with Gasteiger partial charge >= 0.3 is 0 Å². The van der Waals surface area contributed by atoms with E-state index in [-0.39, 0.29) is 0 Å². The molecule has 94 valence electrons. The number of nitrogens with one attached hydrogen (secondary N) is 1. The number of carbonyl (C=O) groups excluding carboxylic acids is 1. The molecule has 4 nitrogen and oxygen atoms in total. The molecule has 1 rings (SSSR count). The highest BCUT2D eigenvalue weighted by Crippen LogP contribution is 2.14. The second-order valence-corrected chi connectivity index (χ2v) is 6.72. The highest BCUT2D eigenvalue weighted by atomic mass is 79.9. The molecule has 6 heteroatoms. The number of halogens is 1. The zero-order valence-electron chi connectivity index (χ0n) is 9.60. The van der Waals surface area contributed by atoms with Crippen LogP contribution in [0.3, 0.4) is 0 Å². The number of sulfone groups is 1. The quantitative estimate of drug-likeness (QED) is 0.863. The lowest BCUT2D eigenvalue weighted by Gasteiger charge is -2.10. The Hall–Kier alpha value is -0.880. The summed E-state index contributed by atoms with van der Waals surface area (Å²) in [5.41, 5.74) is 1.61. The summed E-state index contributed by atoms with van der Waals surface area (Å²) in [6.45, 7) is 1.37. The number of hydrogen-bond donors (Lipinski definition) is 1. The van der Waals surface area contributed by atoms with Gasteiger partial charge in [0.1, 0.15) is 5.25 Å². The average Bonchev–Trinajstić information content (AvgIpc) is 2.27. The third-order valence-corrected chi connectivity index (χ3v) is 4.51. The van der Waals surface area contributed by atoms with Gasteiger partial charge in [-0.25, -0.2) is 8.42 Å². The Labute approximate surface area is 109 Å². The van der Waals surface area contributed by atoms with Crippen molar-refractivity contribution in [2.45, 2.75) is 17.5 Å². The second kappa shape index (κ2) is 5.64. The Morgan fingerprint density at radius 1 is 1.47 bits per heavy atom. The third-order valence-electron chi connectivity index (χ3n) is 2.36. The Balaban J connectivity index is 2.81. The van der Waals surface area contributed by atoms with E-state index in [0.717, 1.165) is 11.8 Å². The highest BCUT2D eigenvalue weighted by molar-refractivity contribution is 9.08. The van der Waals surface area contributed by atoms with Crippen LogP contribution in [0, 0.1) is 0 Å². The Morgan fingerprint density at radius 2 is 2.12 bits per heavy atom. The molecule has 0 aromatic heterocycles. The van der Waals surface area contributed by atoms with E-state index in [1.807, 2.05) is 6.07 Å². The predicted molar refractivity (Wildman–Crippen MR) is 72.0 cm³/mol. The molecule has 1 N–H and O–H groups in total. The molecule has 0 radical (unpaired) electrons. The summed E-state index contributed by atoms with van der Waals surface area (Å²) in [7, 11) is -3.36. The van der Waals surface area contributed by atoms with Gasteiger partial charge in [0.05, 0.1) is 0 Å². The van der Waals surface area contributed by atoms with Crippen molar-refractivity contribution in [3.05, 3.63) is 29.8 Å². The van der Waals surface area contributed by atoms with Gasteiger partial charge in [-0.2, -0.15) is 0 Å². The smallest absolute Gasteiger partial charge is 0.242 e. The monoisotopic (exact) mass is 319 g/mol. The Morgan fingerprint density at radius 3 is 2.65 bits per heavy atom. The highest BCUT2D eigenvalue weighted by Gasteiger charge is 2.23. The standard InChI is InChI=1S/C11H14BrNO3S/c1-8(17(2,15)16)11(14)13-10-5-3-4-9(6-10)7-12/h3-6,8H,7H2,1-2H3,(H,13,14). The van der Waals surface area contributed by atoms with Crippen molar-refractivity contribution in [2.75, 3.05) is 11.6 Å². The normalized spacial score (nSPS) is 13.1. The molecular weight excluding hydrogens is 306 g/mol. The summed E-state index contributed by atoms with van der Waals surface area (Å²) in [4.78, 5) is 11.7. The topological polar surface area (TPSA) is 63.2 Å². The third kappa shape index (κ3) is 4.12. The number of rotatable bonds is 4. The fourth-order valence-electron chi connectivity index (χ4n) is 1.17. The van der Waals surface area contributed by atoms with E-state index in [1.54, 1.807) is 18.2 Å². The maximum Gasteiger partial charge on any atom is 0.242 e. The zero-order chi connectivity index (χ0) is 13.1. The molecule has 0 aliphatic heterocycles.